The number of benzene rings is 3. The molecule has 0 spiro atoms. The van der Waals surface area contributed by atoms with Gasteiger partial charge in [0.25, 0.3) is 0 Å². The van der Waals surface area contributed by atoms with Crippen molar-refractivity contribution in [2.45, 2.75) is 18.3 Å². The lowest BCUT2D eigenvalue weighted by Gasteiger charge is -2.11. The van der Waals surface area contributed by atoms with E-state index in [4.69, 9.17) is 5.73 Å². The Balaban J connectivity index is 1.69. The van der Waals surface area contributed by atoms with Gasteiger partial charge >= 0.3 is 0 Å². The summed E-state index contributed by atoms with van der Waals surface area (Å²) in [6, 6.07) is 20.7. The van der Waals surface area contributed by atoms with Gasteiger partial charge in [-0.3, -0.25) is 9.89 Å². The third-order valence-electron chi connectivity index (χ3n) is 5.36. The summed E-state index contributed by atoms with van der Waals surface area (Å²) >= 11 is 0. The summed E-state index contributed by atoms with van der Waals surface area (Å²) in [5, 5.41) is 11.0. The minimum Gasteiger partial charge on any atom is -0.369 e. The average Bonchev–Trinajstić information content (AvgIpc) is 3.35. The molecule has 0 saturated heterocycles. The monoisotopic (exact) mass is 327 g/mol. The van der Waals surface area contributed by atoms with Gasteiger partial charge in [-0.2, -0.15) is 5.10 Å². The number of rotatable bonds is 3. The largest absolute Gasteiger partial charge is 0.369 e. The Hall–Kier alpha value is -3.14. The first-order valence-corrected chi connectivity index (χ1v) is 8.45. The highest BCUT2D eigenvalue weighted by Gasteiger charge is 2.50. The smallest absolute Gasteiger partial charge is 0.228 e. The molecule has 3 aromatic carbocycles. The van der Waals surface area contributed by atoms with Crippen molar-refractivity contribution in [2.24, 2.45) is 5.73 Å². The molecule has 1 aliphatic rings. The molecule has 1 fully saturated rings. The van der Waals surface area contributed by atoms with Crippen molar-refractivity contribution in [3.8, 4) is 11.3 Å². The molecule has 0 bridgehead atoms. The zero-order valence-corrected chi connectivity index (χ0v) is 13.6. The summed E-state index contributed by atoms with van der Waals surface area (Å²) in [6.45, 7) is 0. The molecule has 4 nitrogen and oxygen atoms in total. The van der Waals surface area contributed by atoms with Gasteiger partial charge in [0.1, 0.15) is 0 Å². The first-order valence-electron chi connectivity index (χ1n) is 8.45. The molecule has 25 heavy (non-hydrogen) atoms. The molecule has 1 saturated carbocycles. The Morgan fingerprint density at radius 2 is 1.80 bits per heavy atom. The number of fused-ring (bicyclic) bond motifs is 2. The molecule has 3 N–H and O–H groups in total. The van der Waals surface area contributed by atoms with E-state index in [1.165, 1.54) is 10.8 Å². The second-order valence-corrected chi connectivity index (χ2v) is 6.84. The second-order valence-electron chi connectivity index (χ2n) is 6.84. The number of hydrogen-bond acceptors (Lipinski definition) is 2. The van der Waals surface area contributed by atoms with E-state index >= 15 is 0 Å². The lowest BCUT2D eigenvalue weighted by molar-refractivity contribution is -0.120. The number of carbonyl (C=O) groups is 1. The van der Waals surface area contributed by atoms with Crippen LogP contribution in [-0.4, -0.2) is 16.1 Å². The van der Waals surface area contributed by atoms with Crippen molar-refractivity contribution in [1.29, 1.82) is 0 Å². The van der Waals surface area contributed by atoms with Gasteiger partial charge in [-0.25, -0.2) is 0 Å². The molecule has 0 radical (unpaired) electrons. The molecule has 5 rings (SSSR count). The van der Waals surface area contributed by atoms with Crippen molar-refractivity contribution in [3.63, 3.8) is 0 Å². The van der Waals surface area contributed by atoms with Crippen molar-refractivity contribution in [2.75, 3.05) is 0 Å². The highest BCUT2D eigenvalue weighted by Crippen LogP contribution is 2.48. The summed E-state index contributed by atoms with van der Waals surface area (Å²) in [5.74, 6) is -0.234. The fourth-order valence-electron chi connectivity index (χ4n) is 3.67. The molecule has 1 heterocycles. The van der Waals surface area contributed by atoms with E-state index in [2.05, 4.69) is 46.6 Å². The van der Waals surface area contributed by atoms with E-state index in [-0.39, 0.29) is 5.91 Å². The fraction of sp³-hybridized carbons (Fsp3) is 0.143. The number of H-pyrrole nitrogens is 1. The molecule has 0 atom stereocenters. The van der Waals surface area contributed by atoms with Gasteiger partial charge in [-0.1, -0.05) is 42.5 Å². The van der Waals surface area contributed by atoms with E-state index in [1.54, 1.807) is 0 Å². The molecular formula is C21H17N3O. The molecule has 122 valence electrons. The highest BCUT2D eigenvalue weighted by molar-refractivity contribution is 5.98. The quantitative estimate of drug-likeness (QED) is 0.599. The minimum absolute atomic E-state index is 0.234. The molecular weight excluding hydrogens is 310 g/mol. The van der Waals surface area contributed by atoms with Crippen LogP contribution in [0.3, 0.4) is 0 Å². The third kappa shape index (κ3) is 2.07. The van der Waals surface area contributed by atoms with Crippen molar-refractivity contribution < 1.29 is 4.79 Å². The fourth-order valence-corrected chi connectivity index (χ4v) is 3.67. The molecule has 1 amide bonds. The molecule has 1 aromatic heterocycles. The summed E-state index contributed by atoms with van der Waals surface area (Å²) < 4.78 is 0. The number of primary amides is 1. The predicted molar refractivity (Wildman–Crippen MR) is 99.1 cm³/mol. The highest BCUT2D eigenvalue weighted by atomic mass is 16.1. The maximum absolute atomic E-state index is 11.9. The Bertz CT molecular complexity index is 1140. The number of hydrogen-bond donors (Lipinski definition) is 2. The van der Waals surface area contributed by atoms with Gasteiger partial charge in [0.15, 0.2) is 0 Å². The van der Waals surface area contributed by atoms with Crippen LogP contribution in [0.25, 0.3) is 32.9 Å². The van der Waals surface area contributed by atoms with Crippen molar-refractivity contribution in [1.82, 2.24) is 10.2 Å². The lowest BCUT2D eigenvalue weighted by Crippen LogP contribution is -2.28. The Morgan fingerprint density at radius 1 is 1.00 bits per heavy atom. The first-order chi connectivity index (χ1) is 12.2. The first kappa shape index (κ1) is 14.2. The lowest BCUT2D eigenvalue weighted by atomic mass is 9.93. The minimum atomic E-state index is -0.480. The molecule has 1 aliphatic carbocycles. The number of carbonyl (C=O) groups excluding carboxylic acids is 1. The van der Waals surface area contributed by atoms with Crippen LogP contribution in [0.1, 0.15) is 18.4 Å². The normalized spacial score (nSPS) is 15.5. The van der Waals surface area contributed by atoms with Gasteiger partial charge in [0.2, 0.25) is 5.91 Å². The van der Waals surface area contributed by atoms with Crippen LogP contribution in [0.4, 0.5) is 0 Å². The molecule has 4 heteroatoms. The van der Waals surface area contributed by atoms with Gasteiger partial charge < -0.3 is 5.73 Å². The van der Waals surface area contributed by atoms with Crippen LogP contribution >= 0.6 is 0 Å². The zero-order chi connectivity index (χ0) is 17.0. The van der Waals surface area contributed by atoms with E-state index in [0.717, 1.165) is 40.6 Å². The summed E-state index contributed by atoms with van der Waals surface area (Å²) in [4.78, 5) is 11.9. The van der Waals surface area contributed by atoms with Gasteiger partial charge in [-0.05, 0) is 47.4 Å². The Morgan fingerprint density at radius 3 is 2.56 bits per heavy atom. The second kappa shape index (κ2) is 4.93. The summed E-state index contributed by atoms with van der Waals surface area (Å²) in [5.41, 5.74) is 9.08. The molecule has 0 unspecified atom stereocenters. The van der Waals surface area contributed by atoms with Crippen LogP contribution in [0, 0.1) is 0 Å². The predicted octanol–water partition coefficient (Wildman–Crippen LogP) is 3.90. The molecule has 4 aromatic rings. The van der Waals surface area contributed by atoms with E-state index in [9.17, 15) is 4.79 Å². The average molecular weight is 327 g/mol. The maximum atomic E-state index is 11.9. The summed E-state index contributed by atoms with van der Waals surface area (Å²) in [7, 11) is 0. The van der Waals surface area contributed by atoms with E-state index in [0.29, 0.717) is 0 Å². The SMILES string of the molecule is NC(=O)C1(c2ccc3[nH]nc(-c4ccc5ccccc5c4)c3c2)CC1. The number of aromatic amines is 1. The van der Waals surface area contributed by atoms with Crippen LogP contribution in [-0.2, 0) is 10.2 Å². The van der Waals surface area contributed by atoms with Gasteiger partial charge in [0.05, 0.1) is 16.6 Å². The van der Waals surface area contributed by atoms with Crippen molar-refractivity contribution >= 4 is 27.6 Å². The maximum Gasteiger partial charge on any atom is 0.228 e. The Labute approximate surface area is 144 Å². The topological polar surface area (TPSA) is 71.8 Å². The number of nitrogens with zero attached hydrogens (tertiary/aromatic N) is 1. The summed E-state index contributed by atoms with van der Waals surface area (Å²) in [6.07, 6.45) is 1.66. The van der Waals surface area contributed by atoms with E-state index in [1.807, 2.05) is 24.3 Å². The van der Waals surface area contributed by atoms with Crippen LogP contribution in [0.2, 0.25) is 0 Å². The number of amides is 1. The standard InChI is InChI=1S/C21H17N3O/c22-20(25)21(9-10-21)16-7-8-18-17(12-16)19(24-23-18)15-6-5-13-3-1-2-4-14(13)11-15/h1-8,11-12H,9-10H2,(H2,22,25)(H,23,24). The third-order valence-corrected chi connectivity index (χ3v) is 5.36. The van der Waals surface area contributed by atoms with Crippen LogP contribution < -0.4 is 5.73 Å². The van der Waals surface area contributed by atoms with Gasteiger partial charge in [0, 0.05) is 10.9 Å². The van der Waals surface area contributed by atoms with Crippen LogP contribution in [0.15, 0.2) is 60.7 Å². The van der Waals surface area contributed by atoms with Crippen molar-refractivity contribution in [3.05, 3.63) is 66.2 Å². The number of aromatic nitrogens is 2. The van der Waals surface area contributed by atoms with E-state index < -0.39 is 5.41 Å². The molecule has 0 aliphatic heterocycles. The Kier molecular flexibility index (Phi) is 2.80. The van der Waals surface area contributed by atoms with Crippen LogP contribution in [0.5, 0.6) is 0 Å². The number of nitrogens with one attached hydrogen (secondary N) is 1. The zero-order valence-electron chi connectivity index (χ0n) is 13.6. The van der Waals surface area contributed by atoms with Gasteiger partial charge in [-0.15, -0.1) is 0 Å². The number of nitrogens with two attached hydrogens (primary N) is 1.